The molecule has 0 saturated carbocycles. The Kier molecular flexibility index (Phi) is 4.50. The lowest BCUT2D eigenvalue weighted by atomic mass is 9.95. The zero-order chi connectivity index (χ0) is 14.0. The van der Waals surface area contributed by atoms with Crippen LogP contribution in [0.2, 0.25) is 0 Å². The molecule has 1 aliphatic rings. The van der Waals surface area contributed by atoms with Crippen molar-refractivity contribution in [1.82, 2.24) is 15.1 Å². The molecule has 19 heavy (non-hydrogen) atoms. The maximum Gasteiger partial charge on any atom is 0.130 e. The van der Waals surface area contributed by atoms with Gasteiger partial charge in [-0.2, -0.15) is 0 Å². The van der Waals surface area contributed by atoms with Crippen LogP contribution >= 0.6 is 0 Å². The van der Waals surface area contributed by atoms with Gasteiger partial charge >= 0.3 is 0 Å². The van der Waals surface area contributed by atoms with Gasteiger partial charge in [0.15, 0.2) is 0 Å². The van der Waals surface area contributed by atoms with Gasteiger partial charge in [-0.3, -0.25) is 4.90 Å². The third-order valence-electron chi connectivity index (χ3n) is 3.76. The fourth-order valence-electron chi connectivity index (χ4n) is 2.75. The van der Waals surface area contributed by atoms with Crippen molar-refractivity contribution in [3.63, 3.8) is 0 Å². The van der Waals surface area contributed by atoms with E-state index in [1.165, 1.54) is 6.07 Å². The molecule has 1 aromatic carbocycles. The standard InChI is InChI=1S/C14H21F2N3/c1-18(2)14(13-9-17-6-7-19(13)3)11-5-4-10(15)8-12(11)16/h4-5,8,13-14,17H,6-7,9H2,1-3H3. The molecule has 0 spiro atoms. The van der Waals surface area contributed by atoms with Crippen molar-refractivity contribution in [3.05, 3.63) is 35.4 Å². The number of likely N-dealkylation sites (N-methyl/N-ethyl adjacent to an activating group) is 2. The number of nitrogens with zero attached hydrogens (tertiary/aromatic N) is 2. The molecule has 1 heterocycles. The van der Waals surface area contributed by atoms with Crippen LogP contribution in [0.4, 0.5) is 8.78 Å². The predicted molar refractivity (Wildman–Crippen MR) is 72.1 cm³/mol. The molecule has 0 radical (unpaired) electrons. The molecule has 1 N–H and O–H groups in total. The van der Waals surface area contributed by atoms with E-state index < -0.39 is 11.6 Å². The van der Waals surface area contributed by atoms with Gasteiger partial charge in [0.2, 0.25) is 0 Å². The lowest BCUT2D eigenvalue weighted by Crippen LogP contribution is -2.54. The van der Waals surface area contributed by atoms with Crippen LogP contribution < -0.4 is 5.32 Å². The number of hydrogen-bond acceptors (Lipinski definition) is 3. The third kappa shape index (κ3) is 3.11. The van der Waals surface area contributed by atoms with Gasteiger partial charge < -0.3 is 10.2 Å². The van der Waals surface area contributed by atoms with Crippen LogP contribution in [0.25, 0.3) is 0 Å². The summed E-state index contributed by atoms with van der Waals surface area (Å²) in [6.45, 7) is 2.67. The van der Waals surface area contributed by atoms with E-state index in [1.54, 1.807) is 6.07 Å². The lowest BCUT2D eigenvalue weighted by molar-refractivity contribution is 0.105. The van der Waals surface area contributed by atoms with E-state index in [4.69, 9.17) is 0 Å². The molecule has 0 aromatic heterocycles. The van der Waals surface area contributed by atoms with Crippen molar-refractivity contribution in [3.8, 4) is 0 Å². The van der Waals surface area contributed by atoms with E-state index in [0.29, 0.717) is 5.56 Å². The highest BCUT2D eigenvalue weighted by molar-refractivity contribution is 5.24. The topological polar surface area (TPSA) is 18.5 Å². The van der Waals surface area contributed by atoms with E-state index in [-0.39, 0.29) is 12.1 Å². The largest absolute Gasteiger partial charge is 0.314 e. The number of halogens is 2. The summed E-state index contributed by atoms with van der Waals surface area (Å²) in [5.41, 5.74) is 0.548. The Morgan fingerprint density at radius 2 is 2.11 bits per heavy atom. The van der Waals surface area contributed by atoms with Crippen molar-refractivity contribution < 1.29 is 8.78 Å². The normalized spacial score (nSPS) is 22.7. The minimum atomic E-state index is -0.533. The zero-order valence-electron chi connectivity index (χ0n) is 11.7. The monoisotopic (exact) mass is 269 g/mol. The first-order valence-corrected chi connectivity index (χ1v) is 6.53. The summed E-state index contributed by atoms with van der Waals surface area (Å²) in [6, 6.07) is 3.91. The molecule has 1 aromatic rings. The molecule has 106 valence electrons. The second-order valence-electron chi connectivity index (χ2n) is 5.33. The quantitative estimate of drug-likeness (QED) is 0.896. The summed E-state index contributed by atoms with van der Waals surface area (Å²) >= 11 is 0. The van der Waals surface area contributed by atoms with Gasteiger partial charge in [-0.15, -0.1) is 0 Å². The highest BCUT2D eigenvalue weighted by Gasteiger charge is 2.32. The van der Waals surface area contributed by atoms with Gasteiger partial charge in [0.1, 0.15) is 11.6 Å². The number of hydrogen-bond donors (Lipinski definition) is 1. The number of piperazine rings is 1. The first-order chi connectivity index (χ1) is 9.00. The maximum absolute atomic E-state index is 14.0. The lowest BCUT2D eigenvalue weighted by Gasteiger charge is -2.41. The molecular formula is C14H21F2N3. The summed E-state index contributed by atoms with van der Waals surface area (Å²) in [5.74, 6) is -1.01. The van der Waals surface area contributed by atoms with Crippen molar-refractivity contribution in [2.45, 2.75) is 12.1 Å². The van der Waals surface area contributed by atoms with Crippen LogP contribution in [0, 0.1) is 11.6 Å². The van der Waals surface area contributed by atoms with Gasteiger partial charge in [0.25, 0.3) is 0 Å². The number of benzene rings is 1. The van der Waals surface area contributed by atoms with E-state index in [1.807, 2.05) is 26.0 Å². The Hall–Kier alpha value is -1.04. The highest BCUT2D eigenvalue weighted by atomic mass is 19.1. The van der Waals surface area contributed by atoms with Crippen LogP contribution in [0.15, 0.2) is 18.2 Å². The fraction of sp³-hybridized carbons (Fsp3) is 0.571. The average molecular weight is 269 g/mol. The van der Waals surface area contributed by atoms with E-state index in [2.05, 4.69) is 10.2 Å². The average Bonchev–Trinajstić information content (AvgIpc) is 2.34. The molecule has 3 nitrogen and oxygen atoms in total. The minimum Gasteiger partial charge on any atom is -0.314 e. The minimum absolute atomic E-state index is 0.0987. The molecule has 2 unspecified atom stereocenters. The van der Waals surface area contributed by atoms with Gasteiger partial charge in [-0.25, -0.2) is 8.78 Å². The molecule has 2 atom stereocenters. The smallest absolute Gasteiger partial charge is 0.130 e. The van der Waals surface area contributed by atoms with E-state index in [9.17, 15) is 8.78 Å². The SMILES string of the molecule is CN(C)C(c1ccc(F)cc1F)C1CNCCN1C. The Morgan fingerprint density at radius 3 is 2.68 bits per heavy atom. The van der Waals surface area contributed by atoms with Crippen LogP contribution in [0.5, 0.6) is 0 Å². The molecule has 2 rings (SSSR count). The molecular weight excluding hydrogens is 248 g/mol. The van der Waals surface area contributed by atoms with Crippen molar-refractivity contribution in [2.75, 3.05) is 40.8 Å². The van der Waals surface area contributed by atoms with Crippen LogP contribution in [-0.2, 0) is 0 Å². The Bertz CT molecular complexity index is 437. The predicted octanol–water partition coefficient (Wildman–Crippen LogP) is 1.47. The molecule has 1 saturated heterocycles. The Morgan fingerprint density at radius 1 is 1.37 bits per heavy atom. The summed E-state index contributed by atoms with van der Waals surface area (Å²) in [4.78, 5) is 4.22. The molecule has 1 fully saturated rings. The highest BCUT2D eigenvalue weighted by Crippen LogP contribution is 2.28. The third-order valence-corrected chi connectivity index (χ3v) is 3.76. The number of rotatable bonds is 3. The van der Waals surface area contributed by atoms with Gasteiger partial charge in [0, 0.05) is 37.3 Å². The zero-order valence-corrected chi connectivity index (χ0v) is 11.7. The Balaban J connectivity index is 2.33. The van der Waals surface area contributed by atoms with Gasteiger partial charge in [-0.05, 0) is 27.2 Å². The van der Waals surface area contributed by atoms with E-state index >= 15 is 0 Å². The van der Waals surface area contributed by atoms with E-state index in [0.717, 1.165) is 25.7 Å². The molecule has 0 amide bonds. The van der Waals surface area contributed by atoms with Gasteiger partial charge in [0.05, 0.1) is 6.04 Å². The second-order valence-corrected chi connectivity index (χ2v) is 5.33. The summed E-state index contributed by atoms with van der Waals surface area (Å²) in [5, 5.41) is 3.34. The summed E-state index contributed by atoms with van der Waals surface area (Å²) in [7, 11) is 5.90. The van der Waals surface area contributed by atoms with Crippen LogP contribution in [0.3, 0.4) is 0 Å². The first-order valence-electron chi connectivity index (χ1n) is 6.53. The van der Waals surface area contributed by atoms with Crippen LogP contribution in [0.1, 0.15) is 11.6 Å². The van der Waals surface area contributed by atoms with Gasteiger partial charge in [-0.1, -0.05) is 6.07 Å². The molecule has 0 aliphatic carbocycles. The molecule has 0 bridgehead atoms. The molecule has 1 aliphatic heterocycles. The second kappa shape index (κ2) is 5.94. The summed E-state index contributed by atoms with van der Waals surface area (Å²) < 4.78 is 27.1. The maximum atomic E-state index is 14.0. The molecule has 5 heteroatoms. The summed E-state index contributed by atoms with van der Waals surface area (Å²) in [6.07, 6.45) is 0. The number of nitrogens with one attached hydrogen (secondary N) is 1. The van der Waals surface area contributed by atoms with Crippen molar-refractivity contribution in [1.29, 1.82) is 0 Å². The first kappa shape index (κ1) is 14.4. The fourth-order valence-corrected chi connectivity index (χ4v) is 2.75. The van der Waals surface area contributed by atoms with Crippen LogP contribution in [-0.4, -0.2) is 56.6 Å². The Labute approximate surface area is 113 Å². The van der Waals surface area contributed by atoms with Crippen molar-refractivity contribution in [2.24, 2.45) is 0 Å². The van der Waals surface area contributed by atoms with Crippen molar-refractivity contribution >= 4 is 0 Å².